The second-order valence-electron chi connectivity index (χ2n) is 4.34. The summed E-state index contributed by atoms with van der Waals surface area (Å²) in [4.78, 5) is 0. The Morgan fingerprint density at radius 3 is 2.62 bits per heavy atom. The molecule has 0 amide bonds. The quantitative estimate of drug-likeness (QED) is 0.818. The zero-order valence-corrected chi connectivity index (χ0v) is 9.11. The van der Waals surface area contributed by atoms with E-state index in [9.17, 15) is 0 Å². The van der Waals surface area contributed by atoms with Gasteiger partial charge in [-0.05, 0) is 24.0 Å². The molecule has 3 heteroatoms. The van der Waals surface area contributed by atoms with Crippen LogP contribution < -0.4 is 5.32 Å². The van der Waals surface area contributed by atoms with E-state index in [1.165, 1.54) is 24.0 Å². The van der Waals surface area contributed by atoms with Crippen LogP contribution in [0.25, 0.3) is 11.1 Å². The Hall–Kier alpha value is -1.61. The molecule has 0 saturated heterocycles. The van der Waals surface area contributed by atoms with E-state index in [0.29, 0.717) is 0 Å². The Bertz CT molecular complexity index is 441. The molecule has 1 saturated carbocycles. The summed E-state index contributed by atoms with van der Waals surface area (Å²) in [7, 11) is 0. The van der Waals surface area contributed by atoms with E-state index >= 15 is 0 Å². The van der Waals surface area contributed by atoms with Crippen molar-refractivity contribution in [3.8, 4) is 11.1 Å². The van der Waals surface area contributed by atoms with Gasteiger partial charge in [0, 0.05) is 24.3 Å². The SMILES string of the molecule is c1cc(-c2cn[nH]c2)ccc1CNC1CC1. The minimum absolute atomic E-state index is 0.772. The number of benzene rings is 1. The predicted molar refractivity (Wildman–Crippen MR) is 63.9 cm³/mol. The third kappa shape index (κ3) is 2.14. The van der Waals surface area contributed by atoms with Gasteiger partial charge in [0.2, 0.25) is 0 Å². The van der Waals surface area contributed by atoms with Gasteiger partial charge in [-0.1, -0.05) is 24.3 Å². The second kappa shape index (κ2) is 4.10. The summed E-state index contributed by atoms with van der Waals surface area (Å²) in [5.74, 6) is 0. The van der Waals surface area contributed by atoms with Crippen LogP contribution in [0.5, 0.6) is 0 Å². The van der Waals surface area contributed by atoms with Gasteiger partial charge in [0.05, 0.1) is 6.20 Å². The van der Waals surface area contributed by atoms with Crippen molar-refractivity contribution in [3.63, 3.8) is 0 Å². The van der Waals surface area contributed by atoms with Crippen LogP contribution in [0, 0.1) is 0 Å². The number of hydrogen-bond acceptors (Lipinski definition) is 2. The van der Waals surface area contributed by atoms with Crippen LogP contribution >= 0.6 is 0 Å². The van der Waals surface area contributed by atoms with Crippen molar-refractivity contribution in [2.75, 3.05) is 0 Å². The van der Waals surface area contributed by atoms with Crippen LogP contribution in [-0.4, -0.2) is 16.2 Å². The highest BCUT2D eigenvalue weighted by atomic mass is 15.1. The fourth-order valence-electron chi connectivity index (χ4n) is 1.77. The van der Waals surface area contributed by atoms with Gasteiger partial charge >= 0.3 is 0 Å². The Kier molecular flexibility index (Phi) is 2.46. The van der Waals surface area contributed by atoms with Crippen LogP contribution in [0.1, 0.15) is 18.4 Å². The molecule has 1 aliphatic carbocycles. The van der Waals surface area contributed by atoms with Gasteiger partial charge in [-0.15, -0.1) is 0 Å². The topological polar surface area (TPSA) is 40.7 Å². The summed E-state index contributed by atoms with van der Waals surface area (Å²) in [5.41, 5.74) is 3.70. The average molecular weight is 213 g/mol. The monoisotopic (exact) mass is 213 g/mol. The van der Waals surface area contributed by atoms with Crippen molar-refractivity contribution in [1.82, 2.24) is 15.5 Å². The maximum atomic E-state index is 3.95. The number of hydrogen-bond donors (Lipinski definition) is 2. The van der Waals surface area contributed by atoms with E-state index in [1.807, 2.05) is 12.4 Å². The van der Waals surface area contributed by atoms with E-state index in [-0.39, 0.29) is 0 Å². The second-order valence-corrected chi connectivity index (χ2v) is 4.34. The summed E-state index contributed by atoms with van der Waals surface area (Å²) < 4.78 is 0. The summed E-state index contributed by atoms with van der Waals surface area (Å²) in [6, 6.07) is 9.42. The molecule has 2 N–H and O–H groups in total. The van der Waals surface area contributed by atoms with Crippen LogP contribution in [0.15, 0.2) is 36.7 Å². The first kappa shape index (κ1) is 9.60. The number of H-pyrrole nitrogens is 1. The summed E-state index contributed by atoms with van der Waals surface area (Å²) in [6.07, 6.45) is 6.44. The summed E-state index contributed by atoms with van der Waals surface area (Å²) >= 11 is 0. The number of rotatable bonds is 4. The van der Waals surface area contributed by atoms with Gasteiger partial charge in [0.1, 0.15) is 0 Å². The third-order valence-corrected chi connectivity index (χ3v) is 2.96. The molecule has 2 aromatic rings. The highest BCUT2D eigenvalue weighted by Gasteiger charge is 2.19. The highest BCUT2D eigenvalue weighted by molar-refractivity contribution is 5.61. The van der Waals surface area contributed by atoms with E-state index < -0.39 is 0 Å². The molecule has 0 atom stereocenters. The van der Waals surface area contributed by atoms with Gasteiger partial charge in [-0.2, -0.15) is 5.10 Å². The van der Waals surface area contributed by atoms with Gasteiger partial charge < -0.3 is 5.32 Å². The zero-order chi connectivity index (χ0) is 10.8. The third-order valence-electron chi connectivity index (χ3n) is 2.96. The lowest BCUT2D eigenvalue weighted by Gasteiger charge is -2.04. The number of nitrogens with zero attached hydrogens (tertiary/aromatic N) is 1. The minimum atomic E-state index is 0.772. The largest absolute Gasteiger partial charge is 0.310 e. The van der Waals surface area contributed by atoms with Gasteiger partial charge in [-0.3, -0.25) is 5.10 Å². The molecule has 1 fully saturated rings. The molecule has 1 aromatic carbocycles. The first-order chi connectivity index (χ1) is 7.92. The molecule has 1 aliphatic rings. The first-order valence-corrected chi connectivity index (χ1v) is 5.73. The maximum absolute atomic E-state index is 3.95. The lowest BCUT2D eigenvalue weighted by atomic mass is 10.1. The average Bonchev–Trinajstić information content (AvgIpc) is 3.00. The zero-order valence-electron chi connectivity index (χ0n) is 9.11. The number of aromatic amines is 1. The van der Waals surface area contributed by atoms with Gasteiger partial charge in [-0.25, -0.2) is 0 Å². The Morgan fingerprint density at radius 1 is 1.19 bits per heavy atom. The molecule has 3 rings (SSSR count). The van der Waals surface area contributed by atoms with Crippen molar-refractivity contribution >= 4 is 0 Å². The molecular weight excluding hydrogens is 198 g/mol. The highest BCUT2D eigenvalue weighted by Crippen LogP contribution is 2.20. The molecule has 0 radical (unpaired) electrons. The van der Waals surface area contributed by atoms with Crippen molar-refractivity contribution in [1.29, 1.82) is 0 Å². The van der Waals surface area contributed by atoms with E-state index in [2.05, 4.69) is 39.8 Å². The van der Waals surface area contributed by atoms with Gasteiger partial charge in [0.15, 0.2) is 0 Å². The predicted octanol–water partition coefficient (Wildman–Crippen LogP) is 2.33. The number of aromatic nitrogens is 2. The molecule has 1 aromatic heterocycles. The van der Waals surface area contributed by atoms with Crippen molar-refractivity contribution in [2.45, 2.75) is 25.4 Å². The van der Waals surface area contributed by atoms with Crippen LogP contribution in [0.3, 0.4) is 0 Å². The Balaban J connectivity index is 1.69. The smallest absolute Gasteiger partial charge is 0.0565 e. The molecule has 0 unspecified atom stereocenters. The molecule has 0 aliphatic heterocycles. The van der Waals surface area contributed by atoms with Crippen molar-refractivity contribution < 1.29 is 0 Å². The molecular formula is C13H15N3. The van der Waals surface area contributed by atoms with Crippen molar-refractivity contribution in [2.24, 2.45) is 0 Å². The van der Waals surface area contributed by atoms with Crippen LogP contribution in [-0.2, 0) is 6.54 Å². The first-order valence-electron chi connectivity index (χ1n) is 5.73. The van der Waals surface area contributed by atoms with Crippen LogP contribution in [0.4, 0.5) is 0 Å². The molecule has 1 heterocycles. The van der Waals surface area contributed by atoms with E-state index in [0.717, 1.165) is 18.2 Å². The standard InChI is InChI=1S/C13H15N3/c1-3-11(12-8-15-16-9-12)4-2-10(1)7-14-13-5-6-13/h1-4,8-9,13-14H,5-7H2,(H,15,16). The van der Waals surface area contributed by atoms with Gasteiger partial charge in [0.25, 0.3) is 0 Å². The van der Waals surface area contributed by atoms with E-state index in [4.69, 9.17) is 0 Å². The molecule has 0 spiro atoms. The molecule has 3 nitrogen and oxygen atoms in total. The van der Waals surface area contributed by atoms with Crippen LogP contribution in [0.2, 0.25) is 0 Å². The number of nitrogens with one attached hydrogen (secondary N) is 2. The molecule has 0 bridgehead atoms. The summed E-state index contributed by atoms with van der Waals surface area (Å²) in [5, 5.41) is 10.3. The van der Waals surface area contributed by atoms with E-state index in [1.54, 1.807) is 0 Å². The normalized spacial score (nSPS) is 15.2. The Labute approximate surface area is 94.9 Å². The Morgan fingerprint density at radius 2 is 2.00 bits per heavy atom. The molecule has 16 heavy (non-hydrogen) atoms. The summed E-state index contributed by atoms with van der Waals surface area (Å²) in [6.45, 7) is 0.982. The van der Waals surface area contributed by atoms with Crippen molar-refractivity contribution in [3.05, 3.63) is 42.2 Å². The molecule has 82 valence electrons. The fraction of sp³-hybridized carbons (Fsp3) is 0.308. The minimum Gasteiger partial charge on any atom is -0.310 e. The fourth-order valence-corrected chi connectivity index (χ4v) is 1.77. The lowest BCUT2D eigenvalue weighted by molar-refractivity contribution is 0.688. The lowest BCUT2D eigenvalue weighted by Crippen LogP contribution is -2.14. The maximum Gasteiger partial charge on any atom is 0.0565 e.